The second kappa shape index (κ2) is 28.1. The van der Waals surface area contributed by atoms with Gasteiger partial charge in [0.1, 0.15) is 0 Å². The van der Waals surface area contributed by atoms with E-state index in [1.807, 2.05) is 49.4 Å². The molecule has 0 aliphatic rings. The average molecular weight is 1160 g/mol. The Balaban J connectivity index is 0.000000331. The van der Waals surface area contributed by atoms with Gasteiger partial charge in [-0.3, -0.25) is 4.79 Å². The van der Waals surface area contributed by atoms with Crippen molar-refractivity contribution in [2.75, 3.05) is 13.1 Å². The van der Waals surface area contributed by atoms with Gasteiger partial charge in [0, 0.05) is 29.7 Å². The van der Waals surface area contributed by atoms with Gasteiger partial charge in [-0.15, -0.1) is 12.4 Å². The Morgan fingerprint density at radius 1 is 0.526 bits per heavy atom. The number of rotatable bonds is 14. The van der Waals surface area contributed by atoms with Gasteiger partial charge in [0.2, 0.25) is 0 Å². The zero-order valence-electron chi connectivity index (χ0n) is 43.2. The average Bonchev–Trinajstić information content (AvgIpc) is 3.33. The molecule has 18 heteroatoms. The van der Waals surface area contributed by atoms with Crippen molar-refractivity contribution in [3.05, 3.63) is 208 Å². The normalized spacial score (nSPS) is 11.7. The third-order valence-electron chi connectivity index (χ3n) is 12.0. The third kappa shape index (κ3) is 19.2. The molecule has 0 saturated carbocycles. The largest absolute Gasteiger partial charge is 0.478 e. The Hall–Kier alpha value is -4.89. The third-order valence-corrected chi connectivity index (χ3v) is 13.3. The number of nitrogens with one attached hydrogen (secondary N) is 1. The maximum Gasteiger partial charge on any atom is 0.416 e. The number of hydrogen-bond donors (Lipinski definition) is 2. The molecule has 0 aromatic heterocycles. The second-order valence-corrected chi connectivity index (χ2v) is 21.4. The Morgan fingerprint density at radius 3 is 1.33 bits per heavy atom. The fourth-order valence-electron chi connectivity index (χ4n) is 7.53. The predicted molar refractivity (Wildman–Crippen MR) is 293 cm³/mol. The minimum absolute atomic E-state index is 0. The van der Waals surface area contributed by atoms with E-state index in [0.29, 0.717) is 29.6 Å². The van der Waals surface area contributed by atoms with Crippen LogP contribution in [-0.2, 0) is 62.0 Å². The van der Waals surface area contributed by atoms with Crippen molar-refractivity contribution in [2.24, 2.45) is 0 Å². The number of aromatic carboxylic acids is 1. The maximum atomic E-state index is 14.8. The van der Waals surface area contributed by atoms with Crippen LogP contribution in [0.4, 0.5) is 35.1 Å². The van der Waals surface area contributed by atoms with E-state index in [1.165, 1.54) is 27.2 Å². The highest BCUT2D eigenvalue weighted by Crippen LogP contribution is 2.36. The van der Waals surface area contributed by atoms with E-state index < -0.39 is 68.2 Å². The summed E-state index contributed by atoms with van der Waals surface area (Å²) in [6, 6.07) is 30.0. The van der Waals surface area contributed by atoms with Gasteiger partial charge in [-0.25, -0.2) is 13.6 Å². The Labute approximate surface area is 466 Å². The van der Waals surface area contributed by atoms with Crippen LogP contribution in [0.1, 0.15) is 132 Å². The van der Waals surface area contributed by atoms with Gasteiger partial charge in [0.05, 0.1) is 32.3 Å². The van der Waals surface area contributed by atoms with E-state index in [0.717, 1.165) is 59.6 Å². The lowest BCUT2D eigenvalue weighted by atomic mass is 9.87. The first-order chi connectivity index (χ1) is 34.8. The van der Waals surface area contributed by atoms with Gasteiger partial charge >= 0.3 is 18.3 Å². The Bertz CT molecular complexity index is 2900. The second-order valence-electron chi connectivity index (χ2n) is 19.8. The summed E-state index contributed by atoms with van der Waals surface area (Å²) in [4.78, 5) is 25.2. The SMILES string of the molecule is CCc1cc(CCN(Cc2ccc(C(C)(C)C)cc2)C(=O)c2cc(C(F)(F)F)cc(Cl)c2F)ccc1Cl.CCc1cc(CCNCc2ccc(C(C)(C)C)cc2)ccc1Cl.Cl.O=C(O)c1cc(C(F)(F)F)cc(Cl)c1F. The summed E-state index contributed by atoms with van der Waals surface area (Å²) >= 11 is 23.3. The highest BCUT2D eigenvalue weighted by Gasteiger charge is 2.35. The number of amides is 1. The molecule has 0 unspecified atom stereocenters. The fraction of sp³-hybridized carbons (Fsp3) is 0.345. The minimum Gasteiger partial charge on any atom is -0.478 e. The molecule has 6 aromatic rings. The lowest BCUT2D eigenvalue weighted by Gasteiger charge is -2.25. The molecule has 0 radical (unpaired) electrons. The number of aryl methyl sites for hydroxylation is 2. The van der Waals surface area contributed by atoms with Gasteiger partial charge in [-0.1, -0.05) is 175 Å². The number of halogens is 13. The first kappa shape index (κ1) is 65.4. The number of carboxylic acids is 1. The monoisotopic (exact) mass is 1160 g/mol. The number of carboxylic acid groups (broad SMARTS) is 1. The zero-order chi connectivity index (χ0) is 56.2. The summed E-state index contributed by atoms with van der Waals surface area (Å²) in [5.74, 6) is -5.22. The van der Waals surface area contributed by atoms with Crippen LogP contribution in [0.25, 0.3) is 0 Å². The van der Waals surface area contributed by atoms with Crippen LogP contribution < -0.4 is 5.32 Å². The number of nitrogens with zero attached hydrogens (tertiary/aromatic N) is 1. The summed E-state index contributed by atoms with van der Waals surface area (Å²) in [6.45, 7) is 19.2. The highest BCUT2D eigenvalue weighted by molar-refractivity contribution is 6.32. The number of carbonyl (C=O) groups excluding carboxylic acids is 1. The van der Waals surface area contributed by atoms with E-state index in [2.05, 4.69) is 90.2 Å². The van der Waals surface area contributed by atoms with Crippen LogP contribution in [0.15, 0.2) is 109 Å². The lowest BCUT2D eigenvalue weighted by Crippen LogP contribution is -2.33. The molecule has 1 amide bonds. The standard InChI is InChI=1S/C29H29Cl2F4NO.C21H28ClN.C8H3ClF4O2.ClH/c1-5-20-14-18(8-11-24(20)30)12-13-36(17-19-6-9-21(10-7-19)28(2,3)4)27(37)23-15-22(29(33,34)35)16-25(31)26(23)32;1-5-18-14-16(8-11-20(18)22)12-13-23-15-17-6-9-19(10-7-17)21(2,3)4;9-5-2-3(8(11,12)13)1-4(6(5)10)7(14)15;/h6-11,14-16H,5,12-13,17H2,1-4H3;6-11,14,23H,5,12-13,15H2,1-4H3;1-2H,(H,14,15);1H. The molecule has 0 fully saturated rings. The maximum absolute atomic E-state index is 14.8. The highest BCUT2D eigenvalue weighted by atomic mass is 35.5. The van der Waals surface area contributed by atoms with Crippen LogP contribution in [0, 0.1) is 11.6 Å². The summed E-state index contributed by atoms with van der Waals surface area (Å²) < 4.78 is 104. The molecular formula is C58H61Cl5F8N2O3. The molecular weight excluding hydrogens is 1100 g/mol. The van der Waals surface area contributed by atoms with Crippen LogP contribution in [0.5, 0.6) is 0 Å². The fourth-order valence-corrected chi connectivity index (χ4v) is 8.47. The van der Waals surface area contributed by atoms with E-state index in [1.54, 1.807) is 6.07 Å². The Kier molecular flexibility index (Phi) is 24.2. The van der Waals surface area contributed by atoms with Crippen molar-refractivity contribution < 1.29 is 49.8 Å². The van der Waals surface area contributed by atoms with Crippen LogP contribution in [-0.4, -0.2) is 35.0 Å². The van der Waals surface area contributed by atoms with E-state index >= 15 is 0 Å². The molecule has 0 saturated heterocycles. The summed E-state index contributed by atoms with van der Waals surface area (Å²) in [5.41, 5.74) is 4.88. The first-order valence-electron chi connectivity index (χ1n) is 23.9. The zero-order valence-corrected chi connectivity index (χ0v) is 47.0. The molecule has 0 spiro atoms. The molecule has 0 atom stereocenters. The molecule has 0 heterocycles. The predicted octanol–water partition coefficient (Wildman–Crippen LogP) is 18.0. The van der Waals surface area contributed by atoms with Crippen LogP contribution in [0.3, 0.4) is 0 Å². The van der Waals surface area contributed by atoms with Crippen molar-refractivity contribution >= 4 is 70.7 Å². The number of carbonyl (C=O) groups is 2. The minimum atomic E-state index is -4.78. The van der Waals surface area contributed by atoms with Gasteiger partial charge in [0.15, 0.2) is 11.6 Å². The summed E-state index contributed by atoms with van der Waals surface area (Å²) in [7, 11) is 0. The van der Waals surface area contributed by atoms with Crippen molar-refractivity contribution in [3.63, 3.8) is 0 Å². The lowest BCUT2D eigenvalue weighted by molar-refractivity contribution is -0.138. The molecule has 5 nitrogen and oxygen atoms in total. The van der Waals surface area contributed by atoms with Crippen LogP contribution in [0.2, 0.25) is 20.1 Å². The first-order valence-corrected chi connectivity index (χ1v) is 25.4. The van der Waals surface area contributed by atoms with Gasteiger partial charge in [-0.05, 0) is 124 Å². The number of alkyl halides is 6. The smallest absolute Gasteiger partial charge is 0.416 e. The van der Waals surface area contributed by atoms with Crippen molar-refractivity contribution in [3.8, 4) is 0 Å². The molecule has 2 N–H and O–H groups in total. The molecule has 76 heavy (non-hydrogen) atoms. The molecule has 412 valence electrons. The number of hydrogen-bond acceptors (Lipinski definition) is 3. The van der Waals surface area contributed by atoms with Gasteiger partial charge in [0.25, 0.3) is 5.91 Å². The van der Waals surface area contributed by atoms with Crippen molar-refractivity contribution in [1.29, 1.82) is 0 Å². The summed E-state index contributed by atoms with van der Waals surface area (Å²) in [6.07, 6.45) is -6.39. The molecule has 0 aliphatic carbocycles. The van der Waals surface area contributed by atoms with Crippen molar-refractivity contribution in [1.82, 2.24) is 10.2 Å². The van der Waals surface area contributed by atoms with E-state index in [9.17, 15) is 44.7 Å². The topological polar surface area (TPSA) is 69.6 Å². The summed E-state index contributed by atoms with van der Waals surface area (Å²) in [5, 5.41) is 11.8. The van der Waals surface area contributed by atoms with Gasteiger partial charge < -0.3 is 15.3 Å². The quantitative estimate of drug-likeness (QED) is 0.0842. The van der Waals surface area contributed by atoms with Crippen molar-refractivity contribution in [2.45, 2.75) is 117 Å². The molecule has 0 bridgehead atoms. The van der Waals surface area contributed by atoms with Gasteiger partial charge in [-0.2, -0.15) is 26.3 Å². The number of benzene rings is 6. The van der Waals surface area contributed by atoms with E-state index in [4.69, 9.17) is 51.5 Å². The molecule has 6 aromatic carbocycles. The Morgan fingerprint density at radius 2 is 0.921 bits per heavy atom. The van der Waals surface area contributed by atoms with E-state index in [-0.39, 0.29) is 42.4 Å². The molecule has 0 aliphatic heterocycles. The van der Waals surface area contributed by atoms with Crippen LogP contribution >= 0.6 is 58.8 Å². The molecule has 6 rings (SSSR count).